The maximum Gasteiger partial charge on any atom is 0.270 e. The number of nitro benzene ring substituents is 1. The van der Waals surface area contributed by atoms with E-state index >= 15 is 0 Å². The van der Waals surface area contributed by atoms with Crippen LogP contribution in [0.3, 0.4) is 0 Å². The highest BCUT2D eigenvalue weighted by Crippen LogP contribution is 2.35. The highest BCUT2D eigenvalue weighted by molar-refractivity contribution is 9.11. The van der Waals surface area contributed by atoms with E-state index in [0.29, 0.717) is 14.5 Å². The molecular weight excluding hydrogens is 446 g/mol. The molecule has 8 heteroatoms. The molecule has 0 saturated carbocycles. The Balaban J connectivity index is 2.09. The molecule has 6 nitrogen and oxygen atoms in total. The number of non-ortho nitro benzene ring substituents is 1. The van der Waals surface area contributed by atoms with Gasteiger partial charge in [0, 0.05) is 23.3 Å². The van der Waals surface area contributed by atoms with Crippen molar-refractivity contribution in [1.29, 1.82) is 0 Å². The second-order valence-electron chi connectivity index (χ2n) is 5.04. The summed E-state index contributed by atoms with van der Waals surface area (Å²) in [5.74, 6) is -1.04. The summed E-state index contributed by atoms with van der Waals surface area (Å²) in [5.41, 5.74) is 0.373. The predicted molar refractivity (Wildman–Crippen MR) is 93.2 cm³/mol. The minimum Gasteiger partial charge on any atom is -0.506 e. The minimum atomic E-state index is -0.617. The van der Waals surface area contributed by atoms with Gasteiger partial charge in [0.25, 0.3) is 5.69 Å². The molecule has 0 atom stereocenters. The molecule has 1 N–H and O–H groups in total. The Morgan fingerprint density at radius 2 is 1.58 bits per heavy atom. The number of nitro groups is 1. The molecule has 0 fully saturated rings. The van der Waals surface area contributed by atoms with Crippen LogP contribution in [0.15, 0.2) is 44.9 Å². The fourth-order valence-corrected chi connectivity index (χ4v) is 3.61. The number of hydrogen-bond donors (Lipinski definition) is 1. The molecule has 0 aliphatic heterocycles. The number of carbonyl (C=O) groups excluding carboxylic acids is 2. The van der Waals surface area contributed by atoms with Crippen LogP contribution >= 0.6 is 31.9 Å². The number of allylic oxidation sites excluding steroid dienone is 1. The van der Waals surface area contributed by atoms with Crippen LogP contribution < -0.4 is 0 Å². The number of Topliss-reactive ketones (excluding diaryl/α,β-unsaturated/α-hetero) is 2. The Morgan fingerprint density at radius 3 is 2.17 bits per heavy atom. The van der Waals surface area contributed by atoms with Crippen LogP contribution in [-0.4, -0.2) is 21.6 Å². The van der Waals surface area contributed by atoms with Gasteiger partial charge in [-0.15, -0.1) is 0 Å². The molecule has 2 aromatic rings. The van der Waals surface area contributed by atoms with Crippen LogP contribution in [0.25, 0.3) is 6.08 Å². The van der Waals surface area contributed by atoms with Gasteiger partial charge in [0.15, 0.2) is 11.6 Å². The third-order valence-corrected chi connectivity index (χ3v) is 4.75. The summed E-state index contributed by atoms with van der Waals surface area (Å²) in [5, 5.41) is 20.5. The number of rotatable bonds is 2. The molecule has 0 aromatic heterocycles. The highest BCUT2D eigenvalue weighted by atomic mass is 79.9. The summed E-state index contributed by atoms with van der Waals surface area (Å²) in [6, 6.07) is 6.70. The normalized spacial score (nSPS) is 15.0. The van der Waals surface area contributed by atoms with Crippen LogP contribution in [-0.2, 0) is 0 Å². The summed E-state index contributed by atoms with van der Waals surface area (Å²) in [7, 11) is 0. The number of carbonyl (C=O) groups is 2. The van der Waals surface area contributed by atoms with Gasteiger partial charge in [-0.3, -0.25) is 19.7 Å². The third-order valence-electron chi connectivity index (χ3n) is 3.54. The van der Waals surface area contributed by atoms with Crippen molar-refractivity contribution in [1.82, 2.24) is 0 Å². The fourth-order valence-electron chi connectivity index (χ4n) is 2.39. The lowest BCUT2D eigenvalue weighted by Gasteiger charge is -2.03. The van der Waals surface area contributed by atoms with E-state index in [0.717, 1.165) is 6.07 Å². The van der Waals surface area contributed by atoms with Gasteiger partial charge >= 0.3 is 0 Å². The molecule has 1 aliphatic rings. The second kappa shape index (κ2) is 5.95. The van der Waals surface area contributed by atoms with E-state index in [2.05, 4.69) is 31.9 Å². The lowest BCUT2D eigenvalue weighted by Crippen LogP contribution is -2.00. The Labute approximate surface area is 152 Å². The average molecular weight is 453 g/mol. The number of hydrogen-bond acceptors (Lipinski definition) is 5. The Morgan fingerprint density at radius 1 is 1.00 bits per heavy atom. The summed E-state index contributed by atoms with van der Waals surface area (Å²) >= 11 is 6.35. The Bertz CT molecular complexity index is 942. The highest BCUT2D eigenvalue weighted by Gasteiger charge is 2.34. The molecular formula is C16H7Br2NO5. The molecule has 0 heterocycles. The van der Waals surface area contributed by atoms with Gasteiger partial charge < -0.3 is 5.11 Å². The SMILES string of the molecule is O=C1/C(=C\c2cc(Br)c(O)c(Br)c2)C(=O)c2cc([N+](=O)[O-])ccc21. The summed E-state index contributed by atoms with van der Waals surface area (Å²) < 4.78 is 0.796. The Hall–Kier alpha value is -2.32. The first-order valence-electron chi connectivity index (χ1n) is 6.57. The molecule has 120 valence electrons. The maximum atomic E-state index is 12.4. The molecule has 0 bridgehead atoms. The average Bonchev–Trinajstić information content (AvgIpc) is 2.77. The zero-order chi connectivity index (χ0) is 17.6. The number of fused-ring (bicyclic) bond motifs is 1. The van der Waals surface area contributed by atoms with Crippen molar-refractivity contribution in [2.45, 2.75) is 0 Å². The lowest BCUT2D eigenvalue weighted by molar-refractivity contribution is -0.384. The van der Waals surface area contributed by atoms with Gasteiger partial charge in [-0.25, -0.2) is 0 Å². The van der Waals surface area contributed by atoms with Crippen molar-refractivity contribution < 1.29 is 19.6 Å². The van der Waals surface area contributed by atoms with Gasteiger partial charge in [-0.2, -0.15) is 0 Å². The van der Waals surface area contributed by atoms with Gasteiger partial charge in [0.1, 0.15) is 5.75 Å². The Kier molecular flexibility index (Phi) is 4.10. The number of ketones is 2. The number of benzene rings is 2. The van der Waals surface area contributed by atoms with Crippen LogP contribution in [0.4, 0.5) is 5.69 Å². The van der Waals surface area contributed by atoms with E-state index in [4.69, 9.17) is 0 Å². The maximum absolute atomic E-state index is 12.4. The molecule has 0 amide bonds. The fraction of sp³-hybridized carbons (Fsp3) is 0. The summed E-state index contributed by atoms with van der Waals surface area (Å²) in [4.78, 5) is 35.0. The van der Waals surface area contributed by atoms with Gasteiger partial charge in [0.05, 0.1) is 19.4 Å². The third kappa shape index (κ3) is 2.67. The molecule has 1 aliphatic carbocycles. The molecule has 0 unspecified atom stereocenters. The number of aromatic hydroxyl groups is 1. The summed E-state index contributed by atoms with van der Waals surface area (Å²) in [6.45, 7) is 0. The zero-order valence-corrected chi connectivity index (χ0v) is 14.9. The number of nitrogens with zero attached hydrogens (tertiary/aromatic N) is 1. The van der Waals surface area contributed by atoms with Crippen molar-refractivity contribution in [3.8, 4) is 5.75 Å². The molecule has 0 spiro atoms. The van der Waals surface area contributed by atoms with Crippen LogP contribution in [0.2, 0.25) is 0 Å². The lowest BCUT2D eigenvalue weighted by atomic mass is 10.1. The van der Waals surface area contributed by atoms with Crippen molar-refractivity contribution in [3.63, 3.8) is 0 Å². The molecule has 24 heavy (non-hydrogen) atoms. The van der Waals surface area contributed by atoms with Crippen molar-refractivity contribution in [2.75, 3.05) is 0 Å². The van der Waals surface area contributed by atoms with E-state index in [9.17, 15) is 24.8 Å². The van der Waals surface area contributed by atoms with Crippen molar-refractivity contribution in [3.05, 3.63) is 71.7 Å². The molecule has 0 saturated heterocycles. The predicted octanol–water partition coefficient (Wildman–Crippen LogP) is 4.29. The van der Waals surface area contributed by atoms with Crippen LogP contribution in [0.5, 0.6) is 5.75 Å². The topological polar surface area (TPSA) is 97.5 Å². The molecule has 2 aromatic carbocycles. The molecule has 3 rings (SSSR count). The second-order valence-corrected chi connectivity index (χ2v) is 6.75. The van der Waals surface area contributed by atoms with Gasteiger partial charge in [-0.1, -0.05) is 0 Å². The quantitative estimate of drug-likeness (QED) is 0.317. The number of halogens is 2. The first-order chi connectivity index (χ1) is 11.3. The number of phenols is 1. The van der Waals surface area contributed by atoms with E-state index in [-0.39, 0.29) is 28.1 Å². The first-order valence-corrected chi connectivity index (χ1v) is 8.15. The van der Waals surface area contributed by atoms with Crippen molar-refractivity contribution in [2.24, 2.45) is 0 Å². The van der Waals surface area contributed by atoms with E-state index in [1.807, 2.05) is 0 Å². The summed E-state index contributed by atoms with van der Waals surface area (Å²) in [6.07, 6.45) is 1.39. The van der Waals surface area contributed by atoms with E-state index < -0.39 is 16.5 Å². The minimum absolute atomic E-state index is 0.000126. The largest absolute Gasteiger partial charge is 0.506 e. The van der Waals surface area contributed by atoms with Gasteiger partial charge in [-0.05, 0) is 61.7 Å². The number of phenolic OH excluding ortho intramolecular Hbond substituents is 1. The van der Waals surface area contributed by atoms with Crippen molar-refractivity contribution >= 4 is 55.2 Å². The standard InChI is InChI=1S/C16H7Br2NO5/c17-12-4-7(5-13(18)16(12)22)3-11-14(20)9-2-1-8(19(23)24)6-10(9)15(11)21/h1-6,22H/b11-3+. The monoisotopic (exact) mass is 451 g/mol. The van der Waals surface area contributed by atoms with E-state index in [1.54, 1.807) is 12.1 Å². The van der Waals surface area contributed by atoms with Crippen LogP contribution in [0.1, 0.15) is 26.3 Å². The van der Waals surface area contributed by atoms with E-state index in [1.165, 1.54) is 18.2 Å². The van der Waals surface area contributed by atoms with Crippen LogP contribution in [0, 0.1) is 10.1 Å². The zero-order valence-electron chi connectivity index (χ0n) is 11.7. The first kappa shape index (κ1) is 16.5. The smallest absolute Gasteiger partial charge is 0.270 e. The molecule has 0 radical (unpaired) electrons. The van der Waals surface area contributed by atoms with Gasteiger partial charge in [0.2, 0.25) is 0 Å².